The Balaban J connectivity index is 4.11. The Kier molecular flexibility index (Phi) is 18.4. The quantitative estimate of drug-likeness (QED) is 0.213. The highest BCUT2D eigenvalue weighted by molar-refractivity contribution is 7.85. The lowest BCUT2D eigenvalue weighted by Gasteiger charge is -2.21. The summed E-state index contributed by atoms with van der Waals surface area (Å²) in [5.41, 5.74) is 0. The summed E-state index contributed by atoms with van der Waals surface area (Å²) in [5.74, 6) is 0.902. The Labute approximate surface area is 178 Å². The van der Waals surface area contributed by atoms with Crippen molar-refractivity contribution in [3.63, 3.8) is 0 Å². The van der Waals surface area contributed by atoms with Gasteiger partial charge in [0.15, 0.2) is 0 Å². The first-order valence-corrected chi connectivity index (χ1v) is 12.7. The molecule has 0 saturated heterocycles. The predicted octanol–water partition coefficient (Wildman–Crippen LogP) is 3.96. The highest BCUT2D eigenvalue weighted by Crippen LogP contribution is 2.13. The fourth-order valence-corrected chi connectivity index (χ4v) is 3.14. The number of rotatable bonds is 21. The summed E-state index contributed by atoms with van der Waals surface area (Å²) in [4.78, 5) is 0. The van der Waals surface area contributed by atoms with E-state index in [-0.39, 0.29) is 24.9 Å². The van der Waals surface area contributed by atoms with Crippen molar-refractivity contribution < 1.29 is 31.9 Å². The van der Waals surface area contributed by atoms with E-state index in [1.54, 1.807) is 0 Å². The van der Waals surface area contributed by atoms with Crippen molar-refractivity contribution in [2.75, 3.05) is 52.0 Å². The van der Waals surface area contributed by atoms with Gasteiger partial charge in [0.25, 0.3) is 10.1 Å². The van der Waals surface area contributed by atoms with Crippen LogP contribution in [0, 0.1) is 11.8 Å². The fourth-order valence-electron chi connectivity index (χ4n) is 2.66. The molecule has 0 heterocycles. The fraction of sp³-hybridized carbons (Fsp3) is 1.00. The molecule has 0 rings (SSSR count). The third-order valence-electron chi connectivity index (χ3n) is 4.62. The first kappa shape index (κ1) is 28.8. The van der Waals surface area contributed by atoms with Gasteiger partial charge in [0, 0.05) is 19.8 Å². The Hall–Kier alpha value is -0.250. The number of ether oxygens (including phenoxy) is 4. The summed E-state index contributed by atoms with van der Waals surface area (Å²) in [6, 6.07) is 0. The van der Waals surface area contributed by atoms with E-state index in [4.69, 9.17) is 23.5 Å². The normalized spacial score (nSPS) is 14.4. The molecule has 0 aliphatic heterocycles. The second kappa shape index (κ2) is 18.5. The molecule has 0 aliphatic carbocycles. The Morgan fingerprint density at radius 1 is 0.828 bits per heavy atom. The maximum atomic E-state index is 10.7. The summed E-state index contributed by atoms with van der Waals surface area (Å²) in [5, 5.41) is 0. The van der Waals surface area contributed by atoms with Crippen molar-refractivity contribution in [3.05, 3.63) is 0 Å². The standard InChI is InChI=1S/C21H44O7S/c1-5-7-9-20(6-2)16-27-18-21(17-26-12-10-19(3)4)28-14-13-25-11-8-15-29(22,23)24/h19-21H,5-18H2,1-4H3,(H,22,23,24). The van der Waals surface area contributed by atoms with E-state index in [0.717, 1.165) is 19.4 Å². The summed E-state index contributed by atoms with van der Waals surface area (Å²) >= 11 is 0. The van der Waals surface area contributed by atoms with Crippen LogP contribution in [0.3, 0.4) is 0 Å². The first-order valence-electron chi connectivity index (χ1n) is 11.1. The Morgan fingerprint density at radius 3 is 2.17 bits per heavy atom. The van der Waals surface area contributed by atoms with Crippen molar-refractivity contribution in [3.8, 4) is 0 Å². The summed E-state index contributed by atoms with van der Waals surface area (Å²) in [7, 11) is -3.92. The lowest BCUT2D eigenvalue weighted by atomic mass is 10.0. The van der Waals surface area contributed by atoms with Gasteiger partial charge in [0.05, 0.1) is 32.2 Å². The van der Waals surface area contributed by atoms with Gasteiger partial charge in [-0.25, -0.2) is 0 Å². The maximum Gasteiger partial charge on any atom is 0.264 e. The lowest BCUT2D eigenvalue weighted by molar-refractivity contribution is -0.0780. The maximum absolute atomic E-state index is 10.7. The highest BCUT2D eigenvalue weighted by Gasteiger charge is 2.13. The molecule has 2 unspecified atom stereocenters. The van der Waals surface area contributed by atoms with Crippen molar-refractivity contribution in [1.29, 1.82) is 0 Å². The minimum Gasteiger partial charge on any atom is -0.379 e. The van der Waals surface area contributed by atoms with E-state index in [0.29, 0.717) is 44.9 Å². The molecule has 0 fully saturated rings. The largest absolute Gasteiger partial charge is 0.379 e. The van der Waals surface area contributed by atoms with E-state index >= 15 is 0 Å². The zero-order valence-corrected chi connectivity index (χ0v) is 19.8. The highest BCUT2D eigenvalue weighted by atomic mass is 32.2. The average Bonchev–Trinajstić information content (AvgIpc) is 2.65. The van der Waals surface area contributed by atoms with Crippen LogP contribution in [0.1, 0.15) is 66.2 Å². The lowest BCUT2D eigenvalue weighted by Crippen LogP contribution is -2.29. The Morgan fingerprint density at radius 2 is 1.55 bits per heavy atom. The van der Waals surface area contributed by atoms with Crippen LogP contribution < -0.4 is 0 Å². The summed E-state index contributed by atoms with van der Waals surface area (Å²) in [6.45, 7) is 12.2. The topological polar surface area (TPSA) is 91.3 Å². The van der Waals surface area contributed by atoms with Gasteiger partial charge in [-0.3, -0.25) is 4.55 Å². The zero-order chi connectivity index (χ0) is 22.0. The minimum atomic E-state index is -3.92. The monoisotopic (exact) mass is 440 g/mol. The molecule has 7 nitrogen and oxygen atoms in total. The van der Waals surface area contributed by atoms with E-state index in [9.17, 15) is 8.42 Å². The van der Waals surface area contributed by atoms with Gasteiger partial charge >= 0.3 is 0 Å². The SMILES string of the molecule is CCCCC(CC)COCC(COCCC(C)C)OCCOCCCS(=O)(=O)O. The molecule has 29 heavy (non-hydrogen) atoms. The summed E-state index contributed by atoms with van der Waals surface area (Å²) < 4.78 is 52.9. The molecule has 0 aromatic carbocycles. The molecule has 0 radical (unpaired) electrons. The molecule has 1 N–H and O–H groups in total. The van der Waals surface area contributed by atoms with Crippen molar-refractivity contribution in [2.24, 2.45) is 11.8 Å². The number of unbranched alkanes of at least 4 members (excludes halogenated alkanes) is 1. The predicted molar refractivity (Wildman–Crippen MR) is 116 cm³/mol. The van der Waals surface area contributed by atoms with Crippen LogP contribution in [0.4, 0.5) is 0 Å². The smallest absolute Gasteiger partial charge is 0.264 e. The minimum absolute atomic E-state index is 0.146. The molecule has 0 spiro atoms. The molecular formula is C21H44O7S. The molecule has 0 bridgehead atoms. The van der Waals surface area contributed by atoms with Gasteiger partial charge in [-0.1, -0.05) is 47.0 Å². The van der Waals surface area contributed by atoms with Crippen LogP contribution in [0.2, 0.25) is 0 Å². The van der Waals surface area contributed by atoms with E-state index < -0.39 is 10.1 Å². The third-order valence-corrected chi connectivity index (χ3v) is 5.42. The van der Waals surface area contributed by atoms with Gasteiger partial charge in [-0.15, -0.1) is 0 Å². The van der Waals surface area contributed by atoms with Gasteiger partial charge in [0.2, 0.25) is 0 Å². The first-order chi connectivity index (χ1) is 13.8. The summed E-state index contributed by atoms with van der Waals surface area (Å²) in [6.07, 6.45) is 5.88. The van der Waals surface area contributed by atoms with Crippen molar-refractivity contribution in [1.82, 2.24) is 0 Å². The van der Waals surface area contributed by atoms with Crippen LogP contribution in [0.25, 0.3) is 0 Å². The van der Waals surface area contributed by atoms with Crippen molar-refractivity contribution >= 4 is 10.1 Å². The molecule has 176 valence electrons. The number of hydrogen-bond donors (Lipinski definition) is 1. The molecule has 0 saturated carbocycles. The van der Waals surface area contributed by atoms with E-state index in [1.807, 2.05) is 0 Å². The second-order valence-electron chi connectivity index (χ2n) is 7.96. The van der Waals surface area contributed by atoms with Gasteiger partial charge in [0.1, 0.15) is 6.10 Å². The molecule has 0 aromatic heterocycles. The van der Waals surface area contributed by atoms with Gasteiger partial charge in [-0.05, 0) is 31.1 Å². The second-order valence-corrected chi connectivity index (χ2v) is 9.53. The van der Waals surface area contributed by atoms with E-state index in [2.05, 4.69) is 27.7 Å². The average molecular weight is 441 g/mol. The zero-order valence-electron chi connectivity index (χ0n) is 18.9. The van der Waals surface area contributed by atoms with Gasteiger partial charge in [-0.2, -0.15) is 8.42 Å². The molecule has 0 aromatic rings. The molecule has 0 aliphatic rings. The third kappa shape index (κ3) is 20.8. The van der Waals surface area contributed by atoms with Crippen LogP contribution in [-0.4, -0.2) is 71.1 Å². The van der Waals surface area contributed by atoms with E-state index in [1.165, 1.54) is 19.3 Å². The Bertz CT molecular complexity index is 454. The molecule has 0 amide bonds. The molecular weight excluding hydrogens is 396 g/mol. The van der Waals surface area contributed by atoms with Crippen LogP contribution in [-0.2, 0) is 29.1 Å². The number of hydrogen-bond acceptors (Lipinski definition) is 6. The molecule has 8 heteroatoms. The molecule has 2 atom stereocenters. The van der Waals surface area contributed by atoms with Gasteiger partial charge < -0.3 is 18.9 Å². The van der Waals surface area contributed by atoms with Crippen LogP contribution in [0.15, 0.2) is 0 Å². The van der Waals surface area contributed by atoms with Crippen molar-refractivity contribution in [2.45, 2.75) is 72.3 Å². The van der Waals surface area contributed by atoms with Crippen LogP contribution in [0.5, 0.6) is 0 Å². The van der Waals surface area contributed by atoms with Crippen LogP contribution >= 0.6 is 0 Å².